The highest BCUT2D eigenvalue weighted by Crippen LogP contribution is 2.13. The first-order valence-electron chi connectivity index (χ1n) is 7.16. The van der Waals surface area contributed by atoms with Gasteiger partial charge in [0, 0.05) is 23.2 Å². The maximum absolute atomic E-state index is 11.9. The fourth-order valence-electron chi connectivity index (χ4n) is 1.82. The van der Waals surface area contributed by atoms with Gasteiger partial charge in [-0.1, -0.05) is 17.7 Å². The third-order valence-corrected chi connectivity index (χ3v) is 3.19. The Morgan fingerprint density at radius 1 is 1.28 bits per heavy atom. The average Bonchev–Trinajstić information content (AvgIpc) is 2.63. The summed E-state index contributed by atoms with van der Waals surface area (Å²) in [5, 5.41) is 14.5. The van der Waals surface area contributed by atoms with Crippen molar-refractivity contribution < 1.29 is 14.5 Å². The smallest absolute Gasteiger partial charge is 0.271 e. The van der Waals surface area contributed by atoms with Crippen LogP contribution >= 0.6 is 11.6 Å². The average molecular weight is 360 g/mol. The first kappa shape index (κ1) is 18.2. The zero-order chi connectivity index (χ0) is 18.1. The van der Waals surface area contributed by atoms with Crippen LogP contribution in [0.1, 0.15) is 15.9 Å². The van der Waals surface area contributed by atoms with Crippen molar-refractivity contribution in [3.63, 3.8) is 0 Å². The molecule has 0 atom stereocenters. The molecule has 2 aromatic rings. The highest BCUT2D eigenvalue weighted by atomic mass is 35.5. The molecule has 0 bridgehead atoms. The Morgan fingerprint density at radius 2 is 2.04 bits per heavy atom. The molecule has 0 heterocycles. The Hall–Kier alpha value is -3.19. The van der Waals surface area contributed by atoms with E-state index in [2.05, 4.69) is 10.5 Å². The van der Waals surface area contributed by atoms with Crippen LogP contribution in [-0.2, 0) is 0 Å². The number of carbonyl (C=O) groups is 1. The Bertz CT molecular complexity index is 804. The van der Waals surface area contributed by atoms with Gasteiger partial charge in [0.2, 0.25) is 0 Å². The Morgan fingerprint density at radius 3 is 2.72 bits per heavy atom. The molecule has 1 amide bonds. The van der Waals surface area contributed by atoms with E-state index in [1.807, 2.05) is 0 Å². The summed E-state index contributed by atoms with van der Waals surface area (Å²) in [6, 6.07) is 12.5. The van der Waals surface area contributed by atoms with Crippen LogP contribution < -0.4 is 10.2 Å². The summed E-state index contributed by atoms with van der Waals surface area (Å²) in [5.41, 5.74) is 4.45. The van der Waals surface area contributed by atoms with Crippen LogP contribution in [0, 0.1) is 10.1 Å². The number of nitrogens with one attached hydrogen (secondary N) is 1. The molecule has 2 aromatic carbocycles. The molecule has 0 saturated heterocycles. The summed E-state index contributed by atoms with van der Waals surface area (Å²) < 4.78 is 5.39. The zero-order valence-corrected chi connectivity index (χ0v) is 13.7. The fourth-order valence-corrected chi connectivity index (χ4v) is 1.89. The third kappa shape index (κ3) is 5.74. The predicted octanol–water partition coefficient (Wildman–Crippen LogP) is 3.49. The molecule has 0 aliphatic heterocycles. The van der Waals surface area contributed by atoms with Crippen LogP contribution in [0.3, 0.4) is 0 Å². The lowest BCUT2D eigenvalue weighted by molar-refractivity contribution is -0.384. The van der Waals surface area contributed by atoms with Gasteiger partial charge in [0.1, 0.15) is 12.4 Å². The van der Waals surface area contributed by atoms with Crippen molar-refractivity contribution in [1.82, 2.24) is 5.43 Å². The Kier molecular flexibility index (Phi) is 6.67. The van der Waals surface area contributed by atoms with Crippen LogP contribution in [0.25, 0.3) is 0 Å². The molecule has 25 heavy (non-hydrogen) atoms. The first-order chi connectivity index (χ1) is 12.1. The molecule has 0 aromatic heterocycles. The van der Waals surface area contributed by atoms with E-state index >= 15 is 0 Å². The van der Waals surface area contributed by atoms with Crippen LogP contribution in [0.15, 0.2) is 65.2 Å². The SMILES string of the molecule is O=C(N/N=C\c1ccc(OC/C=C/Cl)cc1)c1cccc([N+](=O)[O-])c1. The number of hydrazone groups is 1. The van der Waals surface area contributed by atoms with Gasteiger partial charge in [-0.3, -0.25) is 14.9 Å². The molecule has 1 N–H and O–H groups in total. The van der Waals surface area contributed by atoms with Gasteiger partial charge in [0.15, 0.2) is 0 Å². The quantitative estimate of drug-likeness (QED) is 0.465. The summed E-state index contributed by atoms with van der Waals surface area (Å²) >= 11 is 5.40. The highest BCUT2D eigenvalue weighted by molar-refractivity contribution is 6.25. The second-order valence-electron chi connectivity index (χ2n) is 4.75. The monoisotopic (exact) mass is 359 g/mol. The molecule has 0 radical (unpaired) electrons. The maximum Gasteiger partial charge on any atom is 0.271 e. The molecule has 0 fully saturated rings. The Balaban J connectivity index is 1.92. The summed E-state index contributed by atoms with van der Waals surface area (Å²) in [6.45, 7) is 0.371. The van der Waals surface area contributed by atoms with Crippen LogP contribution in [0.2, 0.25) is 0 Å². The number of nitro benzene ring substituents is 1. The number of hydrogen-bond acceptors (Lipinski definition) is 5. The van der Waals surface area contributed by atoms with Gasteiger partial charge in [-0.25, -0.2) is 5.43 Å². The van der Waals surface area contributed by atoms with Gasteiger partial charge in [-0.2, -0.15) is 5.10 Å². The number of carbonyl (C=O) groups excluding carboxylic acids is 1. The normalized spacial score (nSPS) is 10.9. The summed E-state index contributed by atoms with van der Waals surface area (Å²) in [5.74, 6) is 0.139. The molecule has 7 nitrogen and oxygen atoms in total. The highest BCUT2D eigenvalue weighted by Gasteiger charge is 2.10. The van der Waals surface area contributed by atoms with Crippen molar-refractivity contribution in [2.24, 2.45) is 5.10 Å². The van der Waals surface area contributed by atoms with E-state index in [1.54, 1.807) is 30.3 Å². The molecule has 0 unspecified atom stereocenters. The first-order valence-corrected chi connectivity index (χ1v) is 7.60. The number of halogens is 1. The second-order valence-corrected chi connectivity index (χ2v) is 5.00. The summed E-state index contributed by atoms with van der Waals surface area (Å²) in [7, 11) is 0. The molecule has 8 heteroatoms. The molecule has 128 valence electrons. The fraction of sp³-hybridized carbons (Fsp3) is 0.0588. The summed E-state index contributed by atoms with van der Waals surface area (Å²) in [4.78, 5) is 22.1. The maximum atomic E-state index is 11.9. The Labute approximate surface area is 148 Å². The van der Waals surface area contributed by atoms with Crippen molar-refractivity contribution in [3.05, 3.63) is 81.4 Å². The van der Waals surface area contributed by atoms with Crippen LogP contribution in [-0.4, -0.2) is 23.7 Å². The molecular formula is C17H14ClN3O4. The van der Waals surface area contributed by atoms with Crippen LogP contribution in [0.5, 0.6) is 5.75 Å². The molecular weight excluding hydrogens is 346 g/mol. The van der Waals surface area contributed by atoms with Crippen molar-refractivity contribution in [1.29, 1.82) is 0 Å². The number of nitro groups is 1. The van der Waals surface area contributed by atoms with Gasteiger partial charge in [-0.15, -0.1) is 0 Å². The van der Waals surface area contributed by atoms with Gasteiger partial charge in [-0.05, 0) is 42.0 Å². The van der Waals surface area contributed by atoms with Crippen LogP contribution in [0.4, 0.5) is 5.69 Å². The van der Waals surface area contributed by atoms with Gasteiger partial charge in [0.25, 0.3) is 11.6 Å². The van der Waals surface area contributed by atoms with E-state index in [4.69, 9.17) is 16.3 Å². The predicted molar refractivity (Wildman–Crippen MR) is 95.1 cm³/mol. The van der Waals surface area contributed by atoms with E-state index in [0.717, 1.165) is 5.56 Å². The standard InChI is InChI=1S/C17H14ClN3O4/c18-9-2-10-25-16-7-5-13(6-8-16)12-19-20-17(22)14-3-1-4-15(11-14)21(23)24/h1-9,11-12H,10H2,(H,20,22)/b9-2+,19-12-. The van der Waals surface area contributed by atoms with Crippen molar-refractivity contribution in [3.8, 4) is 5.75 Å². The number of benzene rings is 2. The van der Waals surface area contributed by atoms with E-state index in [0.29, 0.717) is 12.4 Å². The minimum Gasteiger partial charge on any atom is -0.490 e. The number of non-ortho nitro benzene ring substituents is 1. The van der Waals surface area contributed by atoms with E-state index < -0.39 is 10.8 Å². The van der Waals surface area contributed by atoms with E-state index in [1.165, 1.54) is 36.0 Å². The van der Waals surface area contributed by atoms with E-state index in [-0.39, 0.29) is 11.3 Å². The molecule has 0 aliphatic rings. The molecule has 0 aliphatic carbocycles. The van der Waals surface area contributed by atoms with Crippen molar-refractivity contribution in [2.45, 2.75) is 0 Å². The second kappa shape index (κ2) is 9.19. The van der Waals surface area contributed by atoms with Gasteiger partial charge >= 0.3 is 0 Å². The van der Waals surface area contributed by atoms with E-state index in [9.17, 15) is 14.9 Å². The minimum atomic E-state index is -0.563. The van der Waals surface area contributed by atoms with Gasteiger partial charge in [0.05, 0.1) is 11.1 Å². The molecule has 0 spiro atoms. The molecule has 0 saturated carbocycles. The number of amides is 1. The molecule has 2 rings (SSSR count). The lowest BCUT2D eigenvalue weighted by Gasteiger charge is -2.03. The third-order valence-electron chi connectivity index (χ3n) is 3.01. The largest absolute Gasteiger partial charge is 0.490 e. The van der Waals surface area contributed by atoms with Crippen molar-refractivity contribution >= 4 is 29.4 Å². The topological polar surface area (TPSA) is 93.8 Å². The van der Waals surface area contributed by atoms with Crippen molar-refractivity contribution in [2.75, 3.05) is 6.61 Å². The zero-order valence-electron chi connectivity index (χ0n) is 13.0. The summed E-state index contributed by atoms with van der Waals surface area (Å²) in [6.07, 6.45) is 3.12. The lowest BCUT2D eigenvalue weighted by Crippen LogP contribution is -2.17. The van der Waals surface area contributed by atoms with Gasteiger partial charge < -0.3 is 4.74 Å². The number of nitrogens with zero attached hydrogens (tertiary/aromatic N) is 2. The number of rotatable bonds is 7. The lowest BCUT2D eigenvalue weighted by atomic mass is 10.2. The minimum absolute atomic E-state index is 0.155. The number of hydrogen-bond donors (Lipinski definition) is 1. The number of ether oxygens (including phenoxy) is 1.